The van der Waals surface area contributed by atoms with Crippen LogP contribution in [-0.4, -0.2) is 35.2 Å². The van der Waals surface area contributed by atoms with E-state index >= 15 is 0 Å². The fourth-order valence-corrected chi connectivity index (χ4v) is 2.94. The van der Waals surface area contributed by atoms with Gasteiger partial charge >= 0.3 is 0 Å². The summed E-state index contributed by atoms with van der Waals surface area (Å²) in [6.07, 6.45) is 0. The second kappa shape index (κ2) is 9.13. The molecular weight excluding hydrogens is 382 g/mol. The normalized spacial score (nSPS) is 10.4. The number of benzene rings is 2. The number of ether oxygens (including phenoxy) is 1. The first-order chi connectivity index (χ1) is 14.4. The van der Waals surface area contributed by atoms with E-state index in [1.165, 1.54) is 0 Å². The summed E-state index contributed by atoms with van der Waals surface area (Å²) in [6.45, 7) is 3.86. The van der Waals surface area contributed by atoms with E-state index in [0.29, 0.717) is 11.3 Å². The van der Waals surface area contributed by atoms with Crippen LogP contribution in [0.25, 0.3) is 0 Å². The Kier molecular flexibility index (Phi) is 6.36. The van der Waals surface area contributed by atoms with Gasteiger partial charge in [-0.15, -0.1) is 0 Å². The first kappa shape index (κ1) is 20.9. The first-order valence-corrected chi connectivity index (χ1v) is 9.46. The highest BCUT2D eigenvalue weighted by molar-refractivity contribution is 6.04. The van der Waals surface area contributed by atoms with Gasteiger partial charge in [0.05, 0.1) is 30.7 Å². The Bertz CT molecular complexity index is 1040. The Morgan fingerprint density at radius 2 is 1.60 bits per heavy atom. The number of carbonyl (C=O) groups is 2. The Hall–Kier alpha value is -3.81. The average Bonchev–Trinajstić information content (AvgIpc) is 2.99. The number of rotatable bonds is 7. The molecule has 3 N–H and O–H groups in total. The summed E-state index contributed by atoms with van der Waals surface area (Å²) in [5.74, 6) is 0.337. The molecular formula is C22H25N5O3. The van der Waals surface area contributed by atoms with Crippen molar-refractivity contribution in [3.05, 3.63) is 65.5 Å². The number of nitrogens with one attached hydrogen (secondary N) is 3. The van der Waals surface area contributed by atoms with Crippen LogP contribution in [0.15, 0.2) is 48.5 Å². The number of carbonyl (C=O) groups excluding carboxylic acids is 2. The van der Waals surface area contributed by atoms with Crippen molar-refractivity contribution in [2.24, 2.45) is 7.05 Å². The van der Waals surface area contributed by atoms with Gasteiger partial charge in [-0.1, -0.05) is 0 Å². The van der Waals surface area contributed by atoms with Gasteiger partial charge in [0, 0.05) is 24.0 Å². The Morgan fingerprint density at radius 1 is 0.967 bits per heavy atom. The smallest absolute Gasteiger partial charge is 0.255 e. The summed E-state index contributed by atoms with van der Waals surface area (Å²) < 4.78 is 6.84. The quantitative estimate of drug-likeness (QED) is 0.558. The van der Waals surface area contributed by atoms with Gasteiger partial charge in [0.25, 0.3) is 5.91 Å². The molecule has 0 radical (unpaired) electrons. The fourth-order valence-electron chi connectivity index (χ4n) is 2.94. The van der Waals surface area contributed by atoms with Crippen LogP contribution in [-0.2, 0) is 11.8 Å². The van der Waals surface area contributed by atoms with Crippen molar-refractivity contribution < 1.29 is 14.3 Å². The highest BCUT2D eigenvalue weighted by Crippen LogP contribution is 2.19. The van der Waals surface area contributed by atoms with Crippen molar-refractivity contribution in [2.75, 3.05) is 29.6 Å². The highest BCUT2D eigenvalue weighted by atomic mass is 16.5. The zero-order valence-electron chi connectivity index (χ0n) is 17.4. The molecule has 0 spiro atoms. The molecule has 8 heteroatoms. The topological polar surface area (TPSA) is 97.3 Å². The molecule has 2 aromatic carbocycles. The Labute approximate surface area is 175 Å². The fraction of sp³-hybridized carbons (Fsp3) is 0.227. The molecule has 0 atom stereocenters. The third-order valence-corrected chi connectivity index (χ3v) is 4.72. The van der Waals surface area contributed by atoms with Crippen LogP contribution in [0.1, 0.15) is 21.7 Å². The van der Waals surface area contributed by atoms with Crippen molar-refractivity contribution in [1.29, 1.82) is 0 Å². The monoisotopic (exact) mass is 407 g/mol. The van der Waals surface area contributed by atoms with Crippen molar-refractivity contribution in [2.45, 2.75) is 13.8 Å². The number of nitrogens with zero attached hydrogens (tertiary/aromatic N) is 2. The van der Waals surface area contributed by atoms with Gasteiger partial charge in [0.2, 0.25) is 5.91 Å². The number of amides is 2. The maximum absolute atomic E-state index is 12.4. The van der Waals surface area contributed by atoms with Gasteiger partial charge in [0.15, 0.2) is 0 Å². The molecule has 0 unspecified atom stereocenters. The summed E-state index contributed by atoms with van der Waals surface area (Å²) in [5.41, 5.74) is 4.34. The van der Waals surface area contributed by atoms with Crippen LogP contribution in [0.3, 0.4) is 0 Å². The van der Waals surface area contributed by atoms with E-state index in [1.54, 1.807) is 60.3 Å². The molecule has 0 aliphatic heterocycles. The number of aryl methyl sites for hydroxylation is 2. The van der Waals surface area contributed by atoms with Crippen LogP contribution in [0.2, 0.25) is 0 Å². The lowest BCUT2D eigenvalue weighted by Crippen LogP contribution is -2.22. The standard InChI is InChI=1S/C22H25N5O3/c1-14-21(15(2)27(3)26-14)25-20(28)13-23-17-7-5-16(6-8-17)22(29)24-18-9-11-19(30-4)12-10-18/h5-12,23H,13H2,1-4H3,(H,24,29)(H,25,28). The first-order valence-electron chi connectivity index (χ1n) is 9.46. The average molecular weight is 407 g/mol. The second-order valence-corrected chi connectivity index (χ2v) is 6.83. The third-order valence-electron chi connectivity index (χ3n) is 4.72. The lowest BCUT2D eigenvalue weighted by atomic mass is 10.2. The number of aromatic nitrogens is 2. The zero-order valence-corrected chi connectivity index (χ0v) is 17.4. The molecule has 0 saturated heterocycles. The zero-order chi connectivity index (χ0) is 21.7. The minimum Gasteiger partial charge on any atom is -0.497 e. The molecule has 3 aromatic rings. The van der Waals surface area contributed by atoms with Gasteiger partial charge in [0.1, 0.15) is 5.75 Å². The van der Waals surface area contributed by atoms with Crippen LogP contribution in [0.5, 0.6) is 5.75 Å². The van der Waals surface area contributed by atoms with Gasteiger partial charge < -0.3 is 20.7 Å². The third kappa shape index (κ3) is 4.96. The van der Waals surface area contributed by atoms with E-state index in [4.69, 9.17) is 4.74 Å². The lowest BCUT2D eigenvalue weighted by molar-refractivity contribution is -0.114. The van der Waals surface area contributed by atoms with Gasteiger partial charge in [-0.25, -0.2) is 0 Å². The lowest BCUT2D eigenvalue weighted by Gasteiger charge is -2.10. The van der Waals surface area contributed by atoms with E-state index in [2.05, 4.69) is 21.0 Å². The predicted molar refractivity (Wildman–Crippen MR) is 117 cm³/mol. The Morgan fingerprint density at radius 3 is 2.17 bits per heavy atom. The molecule has 156 valence electrons. The van der Waals surface area contributed by atoms with E-state index in [0.717, 1.165) is 28.5 Å². The van der Waals surface area contributed by atoms with Crippen LogP contribution >= 0.6 is 0 Å². The van der Waals surface area contributed by atoms with Crippen molar-refractivity contribution >= 4 is 28.9 Å². The molecule has 0 fully saturated rings. The molecule has 0 saturated carbocycles. The number of hydrogen-bond acceptors (Lipinski definition) is 5. The molecule has 0 bridgehead atoms. The summed E-state index contributed by atoms with van der Waals surface area (Å²) in [5, 5.41) is 13.0. The molecule has 3 rings (SSSR count). The molecule has 1 heterocycles. The van der Waals surface area contributed by atoms with E-state index < -0.39 is 0 Å². The van der Waals surface area contributed by atoms with Gasteiger partial charge in [-0.2, -0.15) is 5.10 Å². The minimum absolute atomic E-state index is 0.102. The maximum Gasteiger partial charge on any atom is 0.255 e. The minimum atomic E-state index is -0.216. The van der Waals surface area contributed by atoms with E-state index in [9.17, 15) is 9.59 Å². The summed E-state index contributed by atoms with van der Waals surface area (Å²) >= 11 is 0. The van der Waals surface area contributed by atoms with Gasteiger partial charge in [-0.05, 0) is 62.4 Å². The largest absolute Gasteiger partial charge is 0.497 e. The number of methoxy groups -OCH3 is 1. The highest BCUT2D eigenvalue weighted by Gasteiger charge is 2.12. The molecule has 0 aliphatic carbocycles. The van der Waals surface area contributed by atoms with E-state index in [-0.39, 0.29) is 18.4 Å². The molecule has 30 heavy (non-hydrogen) atoms. The summed E-state index contributed by atoms with van der Waals surface area (Å²) in [4.78, 5) is 24.6. The Balaban J connectivity index is 1.53. The second-order valence-electron chi connectivity index (χ2n) is 6.83. The molecule has 8 nitrogen and oxygen atoms in total. The number of hydrogen-bond donors (Lipinski definition) is 3. The van der Waals surface area contributed by atoms with Crippen LogP contribution in [0.4, 0.5) is 17.1 Å². The van der Waals surface area contributed by atoms with Crippen LogP contribution < -0.4 is 20.7 Å². The SMILES string of the molecule is COc1ccc(NC(=O)c2ccc(NCC(=O)Nc3c(C)nn(C)c3C)cc2)cc1. The molecule has 2 amide bonds. The molecule has 1 aromatic heterocycles. The molecule has 0 aliphatic rings. The van der Waals surface area contributed by atoms with Crippen molar-refractivity contribution in [3.63, 3.8) is 0 Å². The van der Waals surface area contributed by atoms with Crippen LogP contribution in [0, 0.1) is 13.8 Å². The summed E-state index contributed by atoms with van der Waals surface area (Å²) in [7, 11) is 3.43. The number of anilines is 3. The van der Waals surface area contributed by atoms with Gasteiger partial charge in [-0.3, -0.25) is 14.3 Å². The van der Waals surface area contributed by atoms with Crippen molar-refractivity contribution in [1.82, 2.24) is 9.78 Å². The van der Waals surface area contributed by atoms with E-state index in [1.807, 2.05) is 20.9 Å². The summed E-state index contributed by atoms with van der Waals surface area (Å²) in [6, 6.07) is 14.0. The predicted octanol–water partition coefficient (Wildman–Crippen LogP) is 3.35. The van der Waals surface area contributed by atoms with Crippen molar-refractivity contribution in [3.8, 4) is 5.75 Å². The maximum atomic E-state index is 12.4.